The van der Waals surface area contributed by atoms with E-state index in [9.17, 15) is 14.4 Å². The quantitative estimate of drug-likeness (QED) is 0.695. The molecule has 2 rings (SSSR count). The Balaban J connectivity index is 2.07. The monoisotopic (exact) mass is 370 g/mol. The lowest BCUT2D eigenvalue weighted by atomic mass is 10.0. The maximum absolute atomic E-state index is 12.5. The zero-order valence-electron chi connectivity index (χ0n) is 15.5. The number of carbonyl (C=O) groups is 3. The first kappa shape index (κ1) is 20.0. The number of carboxylic acids is 1. The molecule has 0 aliphatic rings. The summed E-state index contributed by atoms with van der Waals surface area (Å²) in [4.78, 5) is 34.1. The van der Waals surface area contributed by atoms with Crippen molar-refractivity contribution in [2.24, 2.45) is 0 Å². The minimum Gasteiger partial charge on any atom is -0.481 e. The van der Waals surface area contributed by atoms with Gasteiger partial charge in [-0.15, -0.1) is 0 Å². The number of carbonyl (C=O) groups excluding carboxylic acids is 2. The third kappa shape index (κ3) is 5.85. The van der Waals surface area contributed by atoms with E-state index >= 15 is 0 Å². The van der Waals surface area contributed by atoms with E-state index in [4.69, 9.17) is 9.84 Å². The van der Waals surface area contributed by atoms with Gasteiger partial charge in [-0.25, -0.2) is 4.79 Å². The van der Waals surface area contributed by atoms with Crippen molar-refractivity contribution < 1.29 is 24.2 Å². The molecule has 0 aliphatic carbocycles. The molecule has 2 amide bonds. The number of hydrogen-bond acceptors (Lipinski definition) is 4. The first-order valence-electron chi connectivity index (χ1n) is 8.37. The molecule has 7 nitrogen and oxygen atoms in total. The molecule has 0 radical (unpaired) electrons. The van der Waals surface area contributed by atoms with Gasteiger partial charge >= 0.3 is 5.97 Å². The molecule has 27 heavy (non-hydrogen) atoms. The number of hydrogen-bond donors (Lipinski definition) is 3. The highest BCUT2D eigenvalue weighted by Crippen LogP contribution is 2.25. The summed E-state index contributed by atoms with van der Waals surface area (Å²) in [6.45, 7) is 4.98. The van der Waals surface area contributed by atoms with Crippen LogP contribution in [0.5, 0.6) is 5.75 Å². The highest BCUT2D eigenvalue weighted by molar-refractivity contribution is 6.04. The summed E-state index contributed by atoms with van der Waals surface area (Å²) in [5.41, 5.74) is 3.39. The third-order valence-electron chi connectivity index (χ3n) is 3.82. The molecule has 2 aromatic carbocycles. The van der Waals surface area contributed by atoms with Gasteiger partial charge in [0.1, 0.15) is 5.75 Å². The predicted molar refractivity (Wildman–Crippen MR) is 101 cm³/mol. The Morgan fingerprint density at radius 3 is 2.15 bits per heavy atom. The molecular formula is C20H22N2O5. The van der Waals surface area contributed by atoms with Gasteiger partial charge in [-0.1, -0.05) is 12.1 Å². The van der Waals surface area contributed by atoms with Crippen LogP contribution in [0.1, 0.15) is 34.0 Å². The van der Waals surface area contributed by atoms with E-state index < -0.39 is 12.6 Å². The van der Waals surface area contributed by atoms with Crippen molar-refractivity contribution in [2.45, 2.75) is 27.3 Å². The SMILES string of the molecule is CC(=O)NCc1ccc(NC(=O)c2cc(C)c(OCC(=O)O)c(C)c2)cc1. The number of carboxylic acid groups (broad SMARTS) is 1. The van der Waals surface area contributed by atoms with Crippen LogP contribution in [0.15, 0.2) is 36.4 Å². The average Bonchev–Trinajstić information content (AvgIpc) is 2.60. The van der Waals surface area contributed by atoms with Gasteiger partial charge in [0.05, 0.1) is 0 Å². The van der Waals surface area contributed by atoms with Crippen molar-refractivity contribution in [3.63, 3.8) is 0 Å². The molecule has 7 heteroatoms. The van der Waals surface area contributed by atoms with Crippen molar-refractivity contribution in [2.75, 3.05) is 11.9 Å². The zero-order chi connectivity index (χ0) is 20.0. The largest absolute Gasteiger partial charge is 0.481 e. The first-order valence-corrected chi connectivity index (χ1v) is 8.37. The average molecular weight is 370 g/mol. The molecule has 2 aromatic rings. The molecule has 0 fully saturated rings. The van der Waals surface area contributed by atoms with Crippen molar-refractivity contribution in [1.29, 1.82) is 0 Å². The lowest BCUT2D eigenvalue weighted by molar-refractivity contribution is -0.139. The van der Waals surface area contributed by atoms with Gasteiger partial charge in [0.15, 0.2) is 6.61 Å². The Bertz CT molecular complexity index is 836. The summed E-state index contributed by atoms with van der Waals surface area (Å²) in [7, 11) is 0. The lowest BCUT2D eigenvalue weighted by Gasteiger charge is -2.13. The van der Waals surface area contributed by atoms with Crippen LogP contribution in [0, 0.1) is 13.8 Å². The number of aliphatic carboxylic acids is 1. The standard InChI is InChI=1S/C20H22N2O5/c1-12-8-16(9-13(2)19(12)27-11-18(24)25)20(26)22-17-6-4-15(5-7-17)10-21-14(3)23/h4-9H,10-11H2,1-3H3,(H,21,23)(H,22,26)(H,24,25). The summed E-state index contributed by atoms with van der Waals surface area (Å²) in [5.74, 6) is -0.969. The molecule has 142 valence electrons. The van der Waals surface area contributed by atoms with Crippen molar-refractivity contribution in [3.05, 3.63) is 58.7 Å². The second-order valence-corrected chi connectivity index (χ2v) is 6.18. The Morgan fingerprint density at radius 1 is 1.04 bits per heavy atom. The second kappa shape index (κ2) is 8.84. The van der Waals surface area contributed by atoms with Crippen molar-refractivity contribution in [1.82, 2.24) is 5.32 Å². The zero-order valence-corrected chi connectivity index (χ0v) is 15.5. The third-order valence-corrected chi connectivity index (χ3v) is 3.82. The fourth-order valence-corrected chi connectivity index (χ4v) is 2.58. The molecule has 0 atom stereocenters. The minimum atomic E-state index is -1.06. The summed E-state index contributed by atoms with van der Waals surface area (Å²) in [5, 5.41) is 14.3. The van der Waals surface area contributed by atoms with Gasteiger partial charge in [0.2, 0.25) is 5.91 Å². The molecule has 0 aromatic heterocycles. The number of rotatable bonds is 7. The molecule has 3 N–H and O–H groups in total. The van der Waals surface area contributed by atoms with Crippen molar-refractivity contribution >= 4 is 23.5 Å². The van der Waals surface area contributed by atoms with Crippen molar-refractivity contribution in [3.8, 4) is 5.75 Å². The Hall–Kier alpha value is -3.35. The number of amides is 2. The number of nitrogens with one attached hydrogen (secondary N) is 2. The summed E-state index contributed by atoms with van der Waals surface area (Å²) in [6, 6.07) is 10.5. The number of anilines is 1. The van der Waals surface area contributed by atoms with Crippen LogP contribution in [0.25, 0.3) is 0 Å². The fraction of sp³-hybridized carbons (Fsp3) is 0.250. The van der Waals surface area contributed by atoms with Crippen LogP contribution in [-0.2, 0) is 16.1 Å². The molecule has 0 heterocycles. The Labute approximate surface area is 157 Å². The van der Waals surface area contributed by atoms with E-state index in [0.717, 1.165) is 5.56 Å². The Kier molecular flexibility index (Phi) is 6.54. The maximum atomic E-state index is 12.5. The number of ether oxygens (including phenoxy) is 1. The molecule has 0 saturated carbocycles. The highest BCUT2D eigenvalue weighted by atomic mass is 16.5. The van der Waals surface area contributed by atoms with E-state index in [0.29, 0.717) is 34.7 Å². The van der Waals surface area contributed by atoms with E-state index in [1.165, 1.54) is 6.92 Å². The van der Waals surface area contributed by atoms with E-state index in [2.05, 4.69) is 10.6 Å². The number of benzene rings is 2. The fourth-order valence-electron chi connectivity index (χ4n) is 2.58. The molecule has 0 saturated heterocycles. The highest BCUT2D eigenvalue weighted by Gasteiger charge is 2.13. The van der Waals surface area contributed by atoms with Gasteiger partial charge in [0, 0.05) is 24.7 Å². The normalized spacial score (nSPS) is 10.2. The van der Waals surface area contributed by atoms with Gasteiger partial charge in [-0.2, -0.15) is 0 Å². The van der Waals surface area contributed by atoms with Gasteiger partial charge in [-0.05, 0) is 54.8 Å². The minimum absolute atomic E-state index is 0.103. The van der Waals surface area contributed by atoms with Gasteiger partial charge in [0.25, 0.3) is 5.91 Å². The Morgan fingerprint density at radius 2 is 1.63 bits per heavy atom. The molecule has 0 bridgehead atoms. The first-order chi connectivity index (χ1) is 12.8. The molecule has 0 aliphatic heterocycles. The predicted octanol–water partition coefficient (Wildman–Crippen LogP) is 2.66. The van der Waals surface area contributed by atoms with Crippen LogP contribution >= 0.6 is 0 Å². The van der Waals surface area contributed by atoms with E-state index in [-0.39, 0.29) is 11.8 Å². The maximum Gasteiger partial charge on any atom is 0.341 e. The second-order valence-electron chi connectivity index (χ2n) is 6.18. The van der Waals surface area contributed by atoms with Crippen LogP contribution in [-0.4, -0.2) is 29.5 Å². The van der Waals surface area contributed by atoms with Crippen LogP contribution < -0.4 is 15.4 Å². The molecule has 0 spiro atoms. The summed E-state index contributed by atoms with van der Waals surface area (Å²) < 4.78 is 5.27. The lowest BCUT2D eigenvalue weighted by Crippen LogP contribution is -2.18. The molecule has 0 unspecified atom stereocenters. The summed E-state index contributed by atoms with van der Waals surface area (Å²) in [6.07, 6.45) is 0. The van der Waals surface area contributed by atoms with Gasteiger partial charge in [-0.3, -0.25) is 9.59 Å². The van der Waals surface area contributed by atoms with Crippen LogP contribution in [0.4, 0.5) is 5.69 Å². The summed E-state index contributed by atoms with van der Waals surface area (Å²) >= 11 is 0. The molecular weight excluding hydrogens is 348 g/mol. The smallest absolute Gasteiger partial charge is 0.341 e. The van der Waals surface area contributed by atoms with Crippen LogP contribution in [0.3, 0.4) is 0 Å². The topological polar surface area (TPSA) is 105 Å². The van der Waals surface area contributed by atoms with E-state index in [1.807, 2.05) is 12.1 Å². The number of aryl methyl sites for hydroxylation is 2. The van der Waals surface area contributed by atoms with Crippen LogP contribution in [0.2, 0.25) is 0 Å². The van der Waals surface area contributed by atoms with E-state index in [1.54, 1.807) is 38.1 Å². The van der Waals surface area contributed by atoms with Gasteiger partial charge < -0.3 is 20.5 Å².